The van der Waals surface area contributed by atoms with Gasteiger partial charge in [-0.1, -0.05) is 38.5 Å². The quantitative estimate of drug-likeness (QED) is 0.864. The Hall–Kier alpha value is -1.31. The molecule has 0 spiro atoms. The SMILES string of the molecule is CCc1cccc(CC)c1C1(C(=O)O)CCC1. The molecule has 92 valence electrons. The highest BCUT2D eigenvalue weighted by atomic mass is 16.4. The molecular weight excluding hydrogens is 212 g/mol. The molecule has 1 N–H and O–H groups in total. The standard InChI is InChI=1S/C15H20O2/c1-3-11-7-5-8-12(4-2)13(11)15(14(16)17)9-6-10-15/h5,7-8H,3-4,6,9-10H2,1-2H3,(H,16,17). The van der Waals surface area contributed by atoms with E-state index in [-0.39, 0.29) is 0 Å². The lowest BCUT2D eigenvalue weighted by atomic mass is 9.62. The Kier molecular flexibility index (Phi) is 3.23. The summed E-state index contributed by atoms with van der Waals surface area (Å²) in [6.45, 7) is 4.21. The lowest BCUT2D eigenvalue weighted by molar-refractivity contribution is -0.147. The summed E-state index contributed by atoms with van der Waals surface area (Å²) in [5.41, 5.74) is 2.96. The Bertz CT molecular complexity index is 408. The predicted molar refractivity (Wildman–Crippen MR) is 68.4 cm³/mol. The molecule has 2 rings (SSSR count). The molecule has 1 saturated carbocycles. The number of rotatable bonds is 4. The van der Waals surface area contributed by atoms with Crippen molar-refractivity contribution in [3.8, 4) is 0 Å². The van der Waals surface area contributed by atoms with Crippen LogP contribution in [-0.4, -0.2) is 11.1 Å². The third kappa shape index (κ3) is 1.76. The van der Waals surface area contributed by atoms with Gasteiger partial charge in [0.25, 0.3) is 0 Å². The van der Waals surface area contributed by atoms with Crippen molar-refractivity contribution in [1.29, 1.82) is 0 Å². The van der Waals surface area contributed by atoms with E-state index in [1.165, 1.54) is 11.1 Å². The molecule has 0 radical (unpaired) electrons. The van der Waals surface area contributed by atoms with Crippen LogP contribution >= 0.6 is 0 Å². The van der Waals surface area contributed by atoms with Crippen molar-refractivity contribution in [3.05, 3.63) is 34.9 Å². The highest BCUT2D eigenvalue weighted by Gasteiger charge is 2.47. The van der Waals surface area contributed by atoms with Crippen LogP contribution in [0.3, 0.4) is 0 Å². The second-order valence-electron chi connectivity index (χ2n) is 4.90. The first-order valence-corrected chi connectivity index (χ1v) is 6.50. The smallest absolute Gasteiger partial charge is 0.314 e. The number of hydrogen-bond donors (Lipinski definition) is 1. The van der Waals surface area contributed by atoms with Gasteiger partial charge in [0.2, 0.25) is 0 Å². The molecule has 0 aromatic heterocycles. The third-order valence-corrected chi connectivity index (χ3v) is 4.09. The fourth-order valence-corrected chi connectivity index (χ4v) is 2.96. The minimum absolute atomic E-state index is 0.585. The molecule has 0 aliphatic heterocycles. The zero-order chi connectivity index (χ0) is 12.5. The van der Waals surface area contributed by atoms with Gasteiger partial charge >= 0.3 is 5.97 Å². The molecule has 0 unspecified atom stereocenters. The second-order valence-corrected chi connectivity index (χ2v) is 4.90. The van der Waals surface area contributed by atoms with E-state index < -0.39 is 11.4 Å². The van der Waals surface area contributed by atoms with Crippen LogP contribution in [0, 0.1) is 0 Å². The highest BCUT2D eigenvalue weighted by Crippen LogP contribution is 2.46. The maximum Gasteiger partial charge on any atom is 0.314 e. The molecule has 1 aliphatic carbocycles. The first-order valence-electron chi connectivity index (χ1n) is 6.50. The lowest BCUT2D eigenvalue weighted by Crippen LogP contribution is -2.43. The van der Waals surface area contributed by atoms with E-state index in [1.54, 1.807) is 0 Å². The molecule has 1 fully saturated rings. The Morgan fingerprint density at radius 1 is 1.24 bits per heavy atom. The molecule has 2 heteroatoms. The van der Waals surface area contributed by atoms with Crippen molar-refractivity contribution in [2.24, 2.45) is 0 Å². The molecule has 17 heavy (non-hydrogen) atoms. The van der Waals surface area contributed by atoms with E-state index in [9.17, 15) is 9.90 Å². The molecule has 0 bridgehead atoms. The van der Waals surface area contributed by atoms with Gasteiger partial charge < -0.3 is 5.11 Å². The fourth-order valence-electron chi connectivity index (χ4n) is 2.96. The van der Waals surface area contributed by atoms with E-state index >= 15 is 0 Å². The summed E-state index contributed by atoms with van der Waals surface area (Å²) in [6, 6.07) is 6.21. The van der Waals surface area contributed by atoms with Crippen LogP contribution in [0.1, 0.15) is 49.8 Å². The molecule has 0 amide bonds. The van der Waals surface area contributed by atoms with Crippen LogP contribution in [-0.2, 0) is 23.1 Å². The van der Waals surface area contributed by atoms with Crippen molar-refractivity contribution in [2.45, 2.75) is 51.4 Å². The number of hydrogen-bond acceptors (Lipinski definition) is 1. The molecule has 1 aliphatic rings. The number of aryl methyl sites for hydroxylation is 2. The highest BCUT2D eigenvalue weighted by molar-refractivity contribution is 5.83. The first kappa shape index (κ1) is 12.2. The molecule has 0 atom stereocenters. The van der Waals surface area contributed by atoms with Gasteiger partial charge in [0.05, 0.1) is 5.41 Å². The van der Waals surface area contributed by atoms with Crippen molar-refractivity contribution in [1.82, 2.24) is 0 Å². The number of aliphatic carboxylic acids is 1. The molecular formula is C15H20O2. The van der Waals surface area contributed by atoms with Crippen molar-refractivity contribution < 1.29 is 9.90 Å². The largest absolute Gasteiger partial charge is 0.481 e. The topological polar surface area (TPSA) is 37.3 Å². The van der Waals surface area contributed by atoms with Gasteiger partial charge in [-0.15, -0.1) is 0 Å². The third-order valence-electron chi connectivity index (χ3n) is 4.09. The van der Waals surface area contributed by atoms with Crippen molar-refractivity contribution in [2.75, 3.05) is 0 Å². The maximum atomic E-state index is 11.6. The Balaban J connectivity index is 2.59. The van der Waals surface area contributed by atoms with Crippen molar-refractivity contribution in [3.63, 3.8) is 0 Å². The summed E-state index contributed by atoms with van der Waals surface area (Å²) in [7, 11) is 0. The van der Waals surface area contributed by atoms with Gasteiger partial charge in [0, 0.05) is 0 Å². The first-order chi connectivity index (χ1) is 8.15. The van der Waals surface area contributed by atoms with Crippen LogP contribution in [0.4, 0.5) is 0 Å². The minimum Gasteiger partial charge on any atom is -0.481 e. The Morgan fingerprint density at radius 3 is 2.06 bits per heavy atom. The fraction of sp³-hybridized carbons (Fsp3) is 0.533. The molecule has 1 aromatic rings. The summed E-state index contributed by atoms with van der Waals surface area (Å²) < 4.78 is 0. The van der Waals surface area contributed by atoms with Gasteiger partial charge in [-0.2, -0.15) is 0 Å². The number of carboxylic acids is 1. The Labute approximate surface area is 103 Å². The normalized spacial score (nSPS) is 17.5. The number of carboxylic acid groups (broad SMARTS) is 1. The summed E-state index contributed by atoms with van der Waals surface area (Å²) >= 11 is 0. The average Bonchev–Trinajstić information content (AvgIpc) is 2.27. The zero-order valence-electron chi connectivity index (χ0n) is 10.6. The summed E-state index contributed by atoms with van der Waals surface area (Å²) in [5, 5.41) is 9.58. The van der Waals surface area contributed by atoms with E-state index in [4.69, 9.17) is 0 Å². The van der Waals surface area contributed by atoms with Gasteiger partial charge in [-0.3, -0.25) is 4.79 Å². The Morgan fingerprint density at radius 2 is 1.76 bits per heavy atom. The van der Waals surface area contributed by atoms with Crippen LogP contribution in [0.5, 0.6) is 0 Å². The second kappa shape index (κ2) is 4.52. The average molecular weight is 232 g/mol. The molecule has 0 heterocycles. The van der Waals surface area contributed by atoms with Gasteiger partial charge in [-0.05, 0) is 42.4 Å². The molecule has 2 nitrogen and oxygen atoms in total. The zero-order valence-corrected chi connectivity index (χ0v) is 10.6. The van der Waals surface area contributed by atoms with Crippen LogP contribution in [0.2, 0.25) is 0 Å². The van der Waals surface area contributed by atoms with Crippen LogP contribution in [0.25, 0.3) is 0 Å². The monoisotopic (exact) mass is 232 g/mol. The van der Waals surface area contributed by atoms with Gasteiger partial charge in [-0.25, -0.2) is 0 Å². The minimum atomic E-state index is -0.639. The van der Waals surface area contributed by atoms with Crippen LogP contribution < -0.4 is 0 Å². The van der Waals surface area contributed by atoms with E-state index in [1.807, 2.05) is 0 Å². The van der Waals surface area contributed by atoms with Crippen LogP contribution in [0.15, 0.2) is 18.2 Å². The lowest BCUT2D eigenvalue weighted by Gasteiger charge is -2.40. The van der Waals surface area contributed by atoms with Crippen molar-refractivity contribution >= 4 is 5.97 Å². The molecule has 0 saturated heterocycles. The summed E-state index contributed by atoms with van der Waals surface area (Å²) in [4.78, 5) is 11.6. The number of benzene rings is 1. The predicted octanol–water partition coefficient (Wildman–Crippen LogP) is 3.32. The van der Waals surface area contributed by atoms with Gasteiger partial charge in [0.15, 0.2) is 0 Å². The van der Waals surface area contributed by atoms with E-state index in [0.29, 0.717) is 0 Å². The van der Waals surface area contributed by atoms with E-state index in [2.05, 4.69) is 32.0 Å². The maximum absolute atomic E-state index is 11.6. The molecule has 1 aromatic carbocycles. The van der Waals surface area contributed by atoms with E-state index in [0.717, 1.165) is 37.7 Å². The summed E-state index contributed by atoms with van der Waals surface area (Å²) in [6.07, 6.45) is 4.46. The summed E-state index contributed by atoms with van der Waals surface area (Å²) in [5.74, 6) is -0.639. The number of carbonyl (C=O) groups is 1. The van der Waals surface area contributed by atoms with Gasteiger partial charge in [0.1, 0.15) is 0 Å².